The maximum atomic E-state index is 12.6. The molecule has 2 aliphatic carbocycles. The number of benzene rings is 2. The van der Waals surface area contributed by atoms with Gasteiger partial charge in [-0.05, 0) is 71.0 Å². The van der Waals surface area contributed by atoms with Crippen LogP contribution >= 0.6 is 0 Å². The lowest BCUT2D eigenvalue weighted by molar-refractivity contribution is -0.110. The standard InChI is InChI=1S/C23H20N2O2/c1-2-27-23(26)21-6-4-3-5-20(21)22-18-9-7-16(24)12-14(18)11-15-13-17(25)8-10-19(15)22/h3-10,12-13,24H,2,11,25H2,1H3/p+1. The maximum Gasteiger partial charge on any atom is 0.338 e. The molecule has 0 amide bonds. The van der Waals surface area contributed by atoms with Gasteiger partial charge in [0.25, 0.3) is 0 Å². The summed E-state index contributed by atoms with van der Waals surface area (Å²) in [6.07, 6.45) is 6.68. The first kappa shape index (κ1) is 17.0. The van der Waals surface area contributed by atoms with E-state index in [0.29, 0.717) is 12.2 Å². The Morgan fingerprint density at radius 3 is 2.78 bits per heavy atom. The molecule has 0 aliphatic heterocycles. The molecular weight excluding hydrogens is 336 g/mol. The quantitative estimate of drug-likeness (QED) is 0.654. The molecule has 4 nitrogen and oxygen atoms in total. The zero-order valence-electron chi connectivity index (χ0n) is 15.2. The van der Waals surface area contributed by atoms with Crippen molar-refractivity contribution >= 4 is 22.9 Å². The summed E-state index contributed by atoms with van der Waals surface area (Å²) in [6, 6.07) is 13.5. The van der Waals surface area contributed by atoms with E-state index in [2.05, 4.69) is 0 Å². The Hall–Kier alpha value is -3.40. The van der Waals surface area contributed by atoms with E-state index in [9.17, 15) is 4.79 Å². The molecule has 0 unspecified atom stereocenters. The van der Waals surface area contributed by atoms with E-state index in [1.54, 1.807) is 0 Å². The Morgan fingerprint density at radius 1 is 1.15 bits per heavy atom. The number of nitrogen functional groups attached to an aromatic ring is 1. The molecule has 4 N–H and O–H groups in total. The van der Waals surface area contributed by atoms with Crippen LogP contribution in [0.2, 0.25) is 0 Å². The molecule has 0 heterocycles. The minimum absolute atomic E-state index is 0.319. The average molecular weight is 357 g/mol. The number of allylic oxidation sites excluding steroid dienone is 5. The van der Waals surface area contributed by atoms with Gasteiger partial charge < -0.3 is 10.5 Å². The number of esters is 1. The molecule has 2 aromatic rings. The number of hydrogen-bond acceptors (Lipinski definition) is 3. The average Bonchev–Trinajstić information content (AvgIpc) is 2.66. The van der Waals surface area contributed by atoms with Crippen LogP contribution in [0.3, 0.4) is 0 Å². The summed E-state index contributed by atoms with van der Waals surface area (Å²) in [7, 11) is 0. The van der Waals surface area contributed by atoms with Crippen LogP contribution in [-0.2, 0) is 11.2 Å². The van der Waals surface area contributed by atoms with Crippen molar-refractivity contribution in [2.45, 2.75) is 13.3 Å². The van der Waals surface area contributed by atoms with E-state index >= 15 is 0 Å². The highest BCUT2D eigenvalue weighted by atomic mass is 16.5. The predicted molar refractivity (Wildman–Crippen MR) is 107 cm³/mol. The molecule has 0 radical (unpaired) electrons. The van der Waals surface area contributed by atoms with Crippen LogP contribution in [-0.4, -0.2) is 18.3 Å². The van der Waals surface area contributed by atoms with E-state index in [4.69, 9.17) is 15.9 Å². The Morgan fingerprint density at radius 2 is 1.96 bits per heavy atom. The van der Waals surface area contributed by atoms with E-state index < -0.39 is 0 Å². The second kappa shape index (κ2) is 6.72. The molecule has 0 saturated carbocycles. The summed E-state index contributed by atoms with van der Waals surface area (Å²) in [5.74, 6) is -0.319. The highest BCUT2D eigenvalue weighted by Crippen LogP contribution is 2.42. The van der Waals surface area contributed by atoms with Gasteiger partial charge in [-0.25, -0.2) is 4.79 Å². The van der Waals surface area contributed by atoms with E-state index in [0.717, 1.165) is 51.2 Å². The third kappa shape index (κ3) is 2.99. The van der Waals surface area contributed by atoms with Crippen LogP contribution < -0.4 is 11.1 Å². The predicted octanol–water partition coefficient (Wildman–Crippen LogP) is 2.50. The highest BCUT2D eigenvalue weighted by Gasteiger charge is 2.27. The van der Waals surface area contributed by atoms with Crippen molar-refractivity contribution in [3.63, 3.8) is 0 Å². The Bertz CT molecular complexity index is 1060. The van der Waals surface area contributed by atoms with Crippen LogP contribution in [0, 0.1) is 0 Å². The van der Waals surface area contributed by atoms with Gasteiger partial charge >= 0.3 is 5.97 Å². The van der Waals surface area contributed by atoms with Crippen LogP contribution in [0.4, 0.5) is 5.69 Å². The van der Waals surface area contributed by atoms with Crippen LogP contribution in [0.15, 0.2) is 71.8 Å². The summed E-state index contributed by atoms with van der Waals surface area (Å²) >= 11 is 0. The summed E-state index contributed by atoms with van der Waals surface area (Å²) < 4.78 is 5.28. The van der Waals surface area contributed by atoms with Crippen molar-refractivity contribution in [2.75, 3.05) is 12.3 Å². The fraction of sp³-hybridized carbons (Fsp3) is 0.130. The van der Waals surface area contributed by atoms with E-state index in [1.807, 2.05) is 67.6 Å². The molecular formula is C23H21N2O2+. The van der Waals surface area contributed by atoms with Gasteiger partial charge in [0, 0.05) is 17.8 Å². The lowest BCUT2D eigenvalue weighted by Crippen LogP contribution is -2.38. The fourth-order valence-electron chi connectivity index (χ4n) is 3.74. The van der Waals surface area contributed by atoms with Gasteiger partial charge in [0.1, 0.15) is 0 Å². The molecule has 0 spiro atoms. The van der Waals surface area contributed by atoms with Crippen molar-refractivity contribution in [2.24, 2.45) is 0 Å². The zero-order valence-corrected chi connectivity index (χ0v) is 15.2. The van der Waals surface area contributed by atoms with Gasteiger partial charge in [0.15, 0.2) is 5.71 Å². The number of rotatable bonds is 3. The van der Waals surface area contributed by atoms with Crippen molar-refractivity contribution in [1.29, 1.82) is 0 Å². The molecule has 0 fully saturated rings. The number of carbonyl (C=O) groups is 1. The van der Waals surface area contributed by atoms with Crippen molar-refractivity contribution in [3.8, 4) is 0 Å². The van der Waals surface area contributed by atoms with Crippen LogP contribution in [0.5, 0.6) is 0 Å². The molecule has 0 aromatic heterocycles. The maximum absolute atomic E-state index is 12.6. The topological polar surface area (TPSA) is 77.9 Å². The van der Waals surface area contributed by atoms with Gasteiger partial charge in [0.05, 0.1) is 12.2 Å². The first-order valence-electron chi connectivity index (χ1n) is 8.99. The molecule has 134 valence electrons. The largest absolute Gasteiger partial charge is 0.462 e. The van der Waals surface area contributed by atoms with Crippen molar-refractivity contribution in [1.82, 2.24) is 0 Å². The number of anilines is 1. The number of ether oxygens (including phenoxy) is 1. The number of carbonyl (C=O) groups excluding carboxylic acids is 1. The van der Waals surface area contributed by atoms with Gasteiger partial charge in [-0.15, -0.1) is 0 Å². The second-order valence-corrected chi connectivity index (χ2v) is 6.65. The Balaban J connectivity index is 2.01. The summed E-state index contributed by atoms with van der Waals surface area (Å²) in [4.78, 5) is 12.6. The van der Waals surface area contributed by atoms with Crippen molar-refractivity contribution < 1.29 is 14.9 Å². The van der Waals surface area contributed by atoms with Crippen LogP contribution in [0.1, 0.15) is 34.0 Å². The summed E-state index contributed by atoms with van der Waals surface area (Å²) in [5, 5.41) is 6.03. The fourth-order valence-corrected chi connectivity index (χ4v) is 3.74. The van der Waals surface area contributed by atoms with Gasteiger partial charge in [-0.1, -0.05) is 24.3 Å². The lowest BCUT2D eigenvalue weighted by atomic mass is 9.76. The molecule has 0 saturated heterocycles. The van der Waals surface area contributed by atoms with Gasteiger partial charge in [0.2, 0.25) is 0 Å². The molecule has 0 bridgehead atoms. The monoisotopic (exact) mass is 357 g/mol. The SMILES string of the molecule is CCOC(=O)c1ccccc1C1=C2C=CC(=[NH2+])C=C2Cc2cc(N)ccc21. The normalized spacial score (nSPS) is 15.1. The summed E-state index contributed by atoms with van der Waals surface area (Å²) in [6.45, 7) is 2.15. The summed E-state index contributed by atoms with van der Waals surface area (Å²) in [5.41, 5.74) is 14.3. The third-order valence-electron chi connectivity index (χ3n) is 4.87. The smallest absolute Gasteiger partial charge is 0.338 e. The minimum atomic E-state index is -0.319. The number of nitrogens with two attached hydrogens (primary N) is 2. The first-order valence-corrected chi connectivity index (χ1v) is 8.99. The van der Waals surface area contributed by atoms with E-state index in [1.165, 1.54) is 0 Å². The first-order chi connectivity index (χ1) is 13.1. The zero-order chi connectivity index (χ0) is 19.0. The number of fused-ring (bicyclic) bond motifs is 2. The second-order valence-electron chi connectivity index (χ2n) is 6.65. The van der Waals surface area contributed by atoms with E-state index in [-0.39, 0.29) is 5.97 Å². The van der Waals surface area contributed by atoms with Gasteiger partial charge in [-0.2, -0.15) is 0 Å². The molecule has 4 heteroatoms. The lowest BCUT2D eigenvalue weighted by Gasteiger charge is -2.27. The molecule has 4 rings (SSSR count). The number of hydrogen-bond donors (Lipinski definition) is 2. The third-order valence-corrected chi connectivity index (χ3v) is 4.87. The Kier molecular flexibility index (Phi) is 4.24. The molecule has 27 heavy (non-hydrogen) atoms. The Labute approximate surface area is 158 Å². The van der Waals surface area contributed by atoms with Crippen molar-refractivity contribution in [3.05, 3.63) is 94.1 Å². The highest BCUT2D eigenvalue weighted by molar-refractivity contribution is 6.07. The molecule has 0 atom stereocenters. The van der Waals surface area contributed by atoms with Crippen LogP contribution in [0.25, 0.3) is 5.57 Å². The molecule has 2 aromatic carbocycles. The minimum Gasteiger partial charge on any atom is -0.462 e. The molecule has 2 aliphatic rings. The van der Waals surface area contributed by atoms with Gasteiger partial charge in [-0.3, -0.25) is 5.41 Å².